The van der Waals surface area contributed by atoms with Gasteiger partial charge >= 0.3 is 0 Å². The molecule has 0 bridgehead atoms. The molecule has 18 heavy (non-hydrogen) atoms. The second kappa shape index (κ2) is 7.84. The third-order valence-electron chi connectivity index (χ3n) is 2.72. The molecule has 98 valence electrons. The van der Waals surface area contributed by atoms with Gasteiger partial charge in [0.05, 0.1) is 0 Å². The average Bonchev–Trinajstić information content (AvgIpc) is 2.37. The summed E-state index contributed by atoms with van der Waals surface area (Å²) in [7, 11) is 0. The SMILES string of the molecule is CC#CCCC(NCCC)c1ccc(F)c(F)c1. The van der Waals surface area contributed by atoms with Gasteiger partial charge in [0, 0.05) is 12.5 Å². The van der Waals surface area contributed by atoms with Gasteiger partial charge in [0.2, 0.25) is 0 Å². The van der Waals surface area contributed by atoms with Crippen LogP contribution in [0.15, 0.2) is 18.2 Å². The molecule has 0 fully saturated rings. The maximum atomic E-state index is 13.2. The molecule has 0 aromatic heterocycles. The van der Waals surface area contributed by atoms with Crippen molar-refractivity contribution in [2.24, 2.45) is 0 Å². The Balaban J connectivity index is 2.78. The zero-order valence-corrected chi connectivity index (χ0v) is 10.9. The number of hydrogen-bond donors (Lipinski definition) is 1. The number of benzene rings is 1. The molecular weight excluding hydrogens is 232 g/mol. The van der Waals surface area contributed by atoms with Crippen LogP contribution in [0.25, 0.3) is 0 Å². The van der Waals surface area contributed by atoms with Crippen molar-refractivity contribution in [2.45, 2.75) is 39.2 Å². The Morgan fingerprint density at radius 2 is 2.06 bits per heavy atom. The monoisotopic (exact) mass is 251 g/mol. The van der Waals surface area contributed by atoms with Gasteiger partial charge in [0.1, 0.15) is 0 Å². The van der Waals surface area contributed by atoms with Crippen LogP contribution in [0, 0.1) is 23.5 Å². The molecule has 0 aliphatic carbocycles. The molecule has 1 unspecified atom stereocenters. The summed E-state index contributed by atoms with van der Waals surface area (Å²) >= 11 is 0. The van der Waals surface area contributed by atoms with Gasteiger partial charge in [0.15, 0.2) is 11.6 Å². The highest BCUT2D eigenvalue weighted by molar-refractivity contribution is 5.21. The molecule has 0 radical (unpaired) electrons. The molecule has 0 heterocycles. The molecule has 0 saturated carbocycles. The Kier molecular flexibility index (Phi) is 6.38. The Morgan fingerprint density at radius 1 is 1.28 bits per heavy atom. The van der Waals surface area contributed by atoms with Gasteiger partial charge in [0.25, 0.3) is 0 Å². The third kappa shape index (κ3) is 4.46. The van der Waals surface area contributed by atoms with E-state index in [4.69, 9.17) is 0 Å². The summed E-state index contributed by atoms with van der Waals surface area (Å²) in [6, 6.07) is 4.10. The number of rotatable bonds is 6. The summed E-state index contributed by atoms with van der Waals surface area (Å²) < 4.78 is 26.1. The highest BCUT2D eigenvalue weighted by Crippen LogP contribution is 2.20. The van der Waals surface area contributed by atoms with E-state index in [-0.39, 0.29) is 6.04 Å². The molecule has 0 spiro atoms. The van der Waals surface area contributed by atoms with Gasteiger partial charge in [-0.05, 0) is 44.0 Å². The maximum absolute atomic E-state index is 13.2. The van der Waals surface area contributed by atoms with E-state index in [9.17, 15) is 8.78 Å². The lowest BCUT2D eigenvalue weighted by Crippen LogP contribution is -2.22. The Morgan fingerprint density at radius 3 is 2.67 bits per heavy atom. The molecule has 1 N–H and O–H groups in total. The summed E-state index contributed by atoms with van der Waals surface area (Å²) in [6.07, 6.45) is 2.54. The number of hydrogen-bond acceptors (Lipinski definition) is 1. The van der Waals surface area contributed by atoms with Crippen LogP contribution in [0.1, 0.15) is 44.7 Å². The number of halogens is 2. The molecule has 0 aliphatic heterocycles. The zero-order chi connectivity index (χ0) is 13.4. The minimum Gasteiger partial charge on any atom is -0.310 e. The van der Waals surface area contributed by atoms with Gasteiger partial charge in [-0.2, -0.15) is 0 Å². The average molecular weight is 251 g/mol. The Labute approximate surface area is 108 Å². The van der Waals surface area contributed by atoms with Crippen molar-refractivity contribution in [3.63, 3.8) is 0 Å². The van der Waals surface area contributed by atoms with E-state index in [1.54, 1.807) is 13.0 Å². The van der Waals surface area contributed by atoms with Gasteiger partial charge in [-0.15, -0.1) is 11.8 Å². The fraction of sp³-hybridized carbons (Fsp3) is 0.467. The van der Waals surface area contributed by atoms with E-state index in [1.165, 1.54) is 12.1 Å². The van der Waals surface area contributed by atoms with Crippen molar-refractivity contribution in [1.29, 1.82) is 0 Å². The zero-order valence-electron chi connectivity index (χ0n) is 10.9. The first kappa shape index (κ1) is 14.7. The topological polar surface area (TPSA) is 12.0 Å². The molecule has 0 amide bonds. The second-order valence-electron chi connectivity index (χ2n) is 4.15. The fourth-order valence-electron chi connectivity index (χ4n) is 1.78. The smallest absolute Gasteiger partial charge is 0.159 e. The molecule has 1 atom stereocenters. The van der Waals surface area contributed by atoms with E-state index in [0.717, 1.165) is 31.4 Å². The van der Waals surface area contributed by atoms with E-state index < -0.39 is 11.6 Å². The molecule has 0 aliphatic rings. The van der Waals surface area contributed by atoms with Crippen LogP contribution < -0.4 is 5.32 Å². The molecule has 1 nitrogen and oxygen atoms in total. The summed E-state index contributed by atoms with van der Waals surface area (Å²) in [5.41, 5.74) is 0.778. The second-order valence-corrected chi connectivity index (χ2v) is 4.15. The predicted molar refractivity (Wildman–Crippen MR) is 70.1 cm³/mol. The molecule has 1 aromatic rings. The van der Waals surface area contributed by atoms with E-state index >= 15 is 0 Å². The first-order valence-electron chi connectivity index (χ1n) is 6.27. The molecule has 3 heteroatoms. The first-order valence-corrected chi connectivity index (χ1v) is 6.27. The minimum atomic E-state index is -0.804. The Hall–Kier alpha value is -1.40. The summed E-state index contributed by atoms with van der Waals surface area (Å²) in [4.78, 5) is 0. The van der Waals surface area contributed by atoms with E-state index in [1.807, 2.05) is 0 Å². The minimum absolute atomic E-state index is 0.0286. The third-order valence-corrected chi connectivity index (χ3v) is 2.72. The predicted octanol–water partition coefficient (Wildman–Crippen LogP) is 3.81. The fourth-order valence-corrected chi connectivity index (χ4v) is 1.78. The quantitative estimate of drug-likeness (QED) is 0.758. The van der Waals surface area contributed by atoms with Crippen LogP contribution in [-0.4, -0.2) is 6.54 Å². The highest BCUT2D eigenvalue weighted by atomic mass is 19.2. The van der Waals surface area contributed by atoms with Crippen molar-refractivity contribution in [2.75, 3.05) is 6.54 Å². The largest absolute Gasteiger partial charge is 0.310 e. The highest BCUT2D eigenvalue weighted by Gasteiger charge is 2.12. The van der Waals surface area contributed by atoms with Crippen LogP contribution in [0.4, 0.5) is 8.78 Å². The van der Waals surface area contributed by atoms with Gasteiger partial charge < -0.3 is 5.32 Å². The van der Waals surface area contributed by atoms with Crippen LogP contribution in [-0.2, 0) is 0 Å². The van der Waals surface area contributed by atoms with Gasteiger partial charge in [-0.25, -0.2) is 8.78 Å². The lowest BCUT2D eigenvalue weighted by atomic mass is 10.0. The normalized spacial score (nSPS) is 11.8. The molecule has 1 aromatic carbocycles. The van der Waals surface area contributed by atoms with E-state index in [2.05, 4.69) is 24.1 Å². The van der Waals surface area contributed by atoms with Gasteiger partial charge in [-0.1, -0.05) is 13.0 Å². The standard InChI is InChI=1S/C15H19F2N/c1-3-5-6-7-15(18-10-4-2)12-8-9-13(16)14(17)11-12/h8-9,11,15,18H,4,6-7,10H2,1-2H3. The first-order chi connectivity index (χ1) is 8.69. The van der Waals surface area contributed by atoms with Crippen molar-refractivity contribution in [3.05, 3.63) is 35.4 Å². The number of nitrogens with one attached hydrogen (secondary N) is 1. The Bertz CT molecular complexity index is 432. The maximum Gasteiger partial charge on any atom is 0.159 e. The van der Waals surface area contributed by atoms with Crippen molar-refractivity contribution in [3.8, 4) is 11.8 Å². The lowest BCUT2D eigenvalue weighted by Gasteiger charge is -2.18. The van der Waals surface area contributed by atoms with Crippen molar-refractivity contribution in [1.82, 2.24) is 5.32 Å². The van der Waals surface area contributed by atoms with Gasteiger partial charge in [-0.3, -0.25) is 0 Å². The van der Waals surface area contributed by atoms with Crippen LogP contribution in [0.3, 0.4) is 0 Å². The van der Waals surface area contributed by atoms with Crippen molar-refractivity contribution < 1.29 is 8.78 Å². The molecule has 0 saturated heterocycles. The van der Waals surface area contributed by atoms with Crippen LogP contribution >= 0.6 is 0 Å². The van der Waals surface area contributed by atoms with Crippen LogP contribution in [0.5, 0.6) is 0 Å². The summed E-state index contributed by atoms with van der Waals surface area (Å²) in [5.74, 6) is 4.23. The summed E-state index contributed by atoms with van der Waals surface area (Å²) in [6.45, 7) is 4.72. The van der Waals surface area contributed by atoms with Crippen molar-refractivity contribution >= 4 is 0 Å². The van der Waals surface area contributed by atoms with E-state index in [0.29, 0.717) is 0 Å². The molecular formula is C15H19F2N. The molecule has 1 rings (SSSR count). The summed E-state index contributed by atoms with van der Waals surface area (Å²) in [5, 5.41) is 3.33. The van der Waals surface area contributed by atoms with Crippen LogP contribution in [0.2, 0.25) is 0 Å². The lowest BCUT2D eigenvalue weighted by molar-refractivity contribution is 0.484.